The van der Waals surface area contributed by atoms with Crippen molar-refractivity contribution in [2.24, 2.45) is 0 Å². The normalized spacial score (nSPS) is 20.4. The van der Waals surface area contributed by atoms with E-state index in [-0.39, 0.29) is 0 Å². The van der Waals surface area contributed by atoms with Crippen LogP contribution in [0.5, 0.6) is 0 Å². The Bertz CT molecular complexity index is 902. The first kappa shape index (κ1) is 17.4. The summed E-state index contributed by atoms with van der Waals surface area (Å²) in [4.78, 5) is 5.08. The van der Waals surface area contributed by atoms with Crippen molar-refractivity contribution in [1.82, 2.24) is 30.5 Å². The van der Waals surface area contributed by atoms with E-state index in [0.717, 1.165) is 41.9 Å². The third kappa shape index (κ3) is 3.40. The fraction of sp³-hybridized carbons (Fsp3) is 0.500. The number of aryl methyl sites for hydroxylation is 2. The number of hydrogen-bond acceptors (Lipinski definition) is 8. The van der Waals surface area contributed by atoms with Crippen molar-refractivity contribution in [3.8, 4) is 11.4 Å². The number of hydrazine groups is 1. The maximum absolute atomic E-state index is 5.41. The quantitative estimate of drug-likeness (QED) is 0.845. The first-order chi connectivity index (χ1) is 13.7. The Morgan fingerprint density at radius 2 is 1.93 bits per heavy atom. The Morgan fingerprint density at radius 3 is 2.57 bits per heavy atom. The summed E-state index contributed by atoms with van der Waals surface area (Å²) in [7, 11) is 0. The molecule has 8 heteroatoms. The molecule has 148 valence electrons. The van der Waals surface area contributed by atoms with Gasteiger partial charge in [-0.15, -0.1) is 0 Å². The van der Waals surface area contributed by atoms with Gasteiger partial charge in [-0.3, -0.25) is 9.91 Å². The molecule has 2 aliphatic heterocycles. The standard InChI is InChI=1S/C20H26N6O2/c1-14-11-19(22-27-14)20-18(15(2)28-23-20)13-26-6-5-17(12-21-26)25-9-7-24(8-10-25)16-3-4-16/h5-6,11-12,16,21H,3-4,7-10,13H2,1-2H3. The molecule has 1 saturated carbocycles. The fourth-order valence-corrected chi connectivity index (χ4v) is 3.91. The van der Waals surface area contributed by atoms with Gasteiger partial charge in [0.05, 0.1) is 12.2 Å². The second kappa shape index (κ2) is 7.01. The molecular formula is C20H26N6O2. The molecule has 0 bridgehead atoms. The zero-order chi connectivity index (χ0) is 19.1. The highest BCUT2D eigenvalue weighted by Gasteiger charge is 2.31. The van der Waals surface area contributed by atoms with Crippen LogP contribution in [0.4, 0.5) is 0 Å². The van der Waals surface area contributed by atoms with Gasteiger partial charge in [0.2, 0.25) is 0 Å². The minimum Gasteiger partial charge on any atom is -0.368 e. The molecule has 28 heavy (non-hydrogen) atoms. The van der Waals surface area contributed by atoms with E-state index in [2.05, 4.69) is 44.0 Å². The number of nitrogens with one attached hydrogen (secondary N) is 1. The van der Waals surface area contributed by atoms with Gasteiger partial charge in [0.1, 0.15) is 22.9 Å². The van der Waals surface area contributed by atoms with Crippen LogP contribution in [0.15, 0.2) is 39.3 Å². The first-order valence-electron chi connectivity index (χ1n) is 9.96. The van der Waals surface area contributed by atoms with E-state index in [1.54, 1.807) is 0 Å². The van der Waals surface area contributed by atoms with Crippen molar-refractivity contribution in [2.45, 2.75) is 39.3 Å². The topological polar surface area (TPSA) is 73.8 Å². The molecule has 0 unspecified atom stereocenters. The van der Waals surface area contributed by atoms with E-state index in [1.807, 2.05) is 24.9 Å². The predicted octanol–water partition coefficient (Wildman–Crippen LogP) is 2.40. The van der Waals surface area contributed by atoms with Crippen LogP contribution < -0.4 is 5.43 Å². The lowest BCUT2D eigenvalue weighted by molar-refractivity contribution is 0.152. The van der Waals surface area contributed by atoms with Crippen LogP contribution in [0, 0.1) is 13.8 Å². The van der Waals surface area contributed by atoms with Gasteiger partial charge in [-0.2, -0.15) is 0 Å². The molecule has 3 aliphatic rings. The van der Waals surface area contributed by atoms with Gasteiger partial charge in [-0.05, 0) is 32.8 Å². The average Bonchev–Trinajstić information content (AvgIpc) is 3.39. The molecule has 0 atom stereocenters. The third-order valence-electron chi connectivity index (χ3n) is 5.73. The Hall–Kier alpha value is -2.74. The summed E-state index contributed by atoms with van der Waals surface area (Å²) in [6.45, 7) is 8.94. The summed E-state index contributed by atoms with van der Waals surface area (Å²) in [6.07, 6.45) is 9.10. The second-order valence-electron chi connectivity index (χ2n) is 7.78. The monoisotopic (exact) mass is 382 g/mol. The molecule has 4 heterocycles. The molecule has 8 nitrogen and oxygen atoms in total. The van der Waals surface area contributed by atoms with Crippen molar-refractivity contribution < 1.29 is 9.05 Å². The number of hydrogen-bond donors (Lipinski definition) is 1. The van der Waals surface area contributed by atoms with Crippen LogP contribution in [0.2, 0.25) is 0 Å². The molecule has 0 spiro atoms. The molecule has 2 fully saturated rings. The van der Waals surface area contributed by atoms with Crippen LogP contribution in [0.1, 0.15) is 29.9 Å². The van der Waals surface area contributed by atoms with Gasteiger partial charge < -0.3 is 19.4 Å². The molecule has 1 saturated heterocycles. The molecule has 0 aromatic carbocycles. The zero-order valence-electron chi connectivity index (χ0n) is 16.4. The maximum Gasteiger partial charge on any atom is 0.141 e. The Balaban J connectivity index is 1.22. The van der Waals surface area contributed by atoms with E-state index < -0.39 is 0 Å². The minimum atomic E-state index is 0.631. The summed E-state index contributed by atoms with van der Waals surface area (Å²) in [6, 6.07) is 2.74. The Kier molecular flexibility index (Phi) is 4.35. The summed E-state index contributed by atoms with van der Waals surface area (Å²) >= 11 is 0. The third-order valence-corrected chi connectivity index (χ3v) is 5.73. The van der Waals surface area contributed by atoms with Crippen LogP contribution >= 0.6 is 0 Å². The van der Waals surface area contributed by atoms with Crippen molar-refractivity contribution in [2.75, 3.05) is 26.2 Å². The van der Waals surface area contributed by atoms with E-state index >= 15 is 0 Å². The summed E-state index contributed by atoms with van der Waals surface area (Å²) in [5, 5.41) is 10.3. The molecule has 5 rings (SSSR count). The lowest BCUT2D eigenvalue weighted by atomic mass is 10.1. The van der Waals surface area contributed by atoms with Gasteiger partial charge in [0, 0.05) is 56.3 Å². The van der Waals surface area contributed by atoms with Crippen molar-refractivity contribution in [3.63, 3.8) is 0 Å². The molecule has 2 aromatic rings. The summed E-state index contributed by atoms with van der Waals surface area (Å²) in [5.74, 6) is 1.55. The second-order valence-corrected chi connectivity index (χ2v) is 7.78. The van der Waals surface area contributed by atoms with Gasteiger partial charge in [-0.1, -0.05) is 10.3 Å². The average molecular weight is 382 g/mol. The maximum atomic E-state index is 5.41. The molecule has 1 aliphatic carbocycles. The van der Waals surface area contributed by atoms with Crippen molar-refractivity contribution in [1.29, 1.82) is 0 Å². The van der Waals surface area contributed by atoms with Crippen LogP contribution in [0.25, 0.3) is 11.4 Å². The van der Waals surface area contributed by atoms with Gasteiger partial charge in [0.15, 0.2) is 0 Å². The molecule has 0 radical (unpaired) electrons. The molecule has 0 amide bonds. The Morgan fingerprint density at radius 1 is 1.11 bits per heavy atom. The largest absolute Gasteiger partial charge is 0.368 e. The number of piperazine rings is 1. The van der Waals surface area contributed by atoms with Gasteiger partial charge in [0.25, 0.3) is 0 Å². The zero-order valence-corrected chi connectivity index (χ0v) is 16.4. The number of rotatable bonds is 5. The lowest BCUT2D eigenvalue weighted by Gasteiger charge is -2.38. The number of allylic oxidation sites excluding steroid dienone is 1. The number of nitrogens with zero attached hydrogens (tertiary/aromatic N) is 5. The molecule has 2 aromatic heterocycles. The van der Waals surface area contributed by atoms with E-state index in [1.165, 1.54) is 31.6 Å². The first-order valence-corrected chi connectivity index (χ1v) is 9.96. The fourth-order valence-electron chi connectivity index (χ4n) is 3.91. The molecular weight excluding hydrogens is 356 g/mol. The minimum absolute atomic E-state index is 0.631. The SMILES string of the molecule is Cc1cc(-c2noc(C)c2CN2C=CC(N3CCN(C4CC4)CC3)=CN2)no1. The highest BCUT2D eigenvalue weighted by molar-refractivity contribution is 5.58. The van der Waals surface area contributed by atoms with Gasteiger partial charge >= 0.3 is 0 Å². The highest BCUT2D eigenvalue weighted by atomic mass is 16.5. The van der Waals surface area contributed by atoms with Crippen molar-refractivity contribution in [3.05, 3.63) is 47.3 Å². The van der Waals surface area contributed by atoms with Gasteiger partial charge in [-0.25, -0.2) is 0 Å². The Labute approximate surface area is 164 Å². The summed E-state index contributed by atoms with van der Waals surface area (Å²) in [5.41, 5.74) is 7.05. The van der Waals surface area contributed by atoms with E-state index in [9.17, 15) is 0 Å². The van der Waals surface area contributed by atoms with Crippen LogP contribution in [-0.2, 0) is 6.54 Å². The molecule has 1 N–H and O–H groups in total. The predicted molar refractivity (Wildman–Crippen MR) is 104 cm³/mol. The van der Waals surface area contributed by atoms with E-state index in [0.29, 0.717) is 12.2 Å². The number of aromatic nitrogens is 2. The van der Waals surface area contributed by atoms with Crippen molar-refractivity contribution >= 4 is 0 Å². The lowest BCUT2D eigenvalue weighted by Crippen LogP contribution is -2.47. The smallest absolute Gasteiger partial charge is 0.141 e. The highest BCUT2D eigenvalue weighted by Crippen LogP contribution is 2.29. The van der Waals surface area contributed by atoms with Crippen LogP contribution in [-0.4, -0.2) is 57.3 Å². The summed E-state index contributed by atoms with van der Waals surface area (Å²) < 4.78 is 10.6. The van der Waals surface area contributed by atoms with E-state index in [4.69, 9.17) is 9.05 Å². The van der Waals surface area contributed by atoms with Crippen LogP contribution in [0.3, 0.4) is 0 Å².